The number of nitrogens with zero attached hydrogens (tertiary/aromatic N) is 2. The van der Waals surface area contributed by atoms with Crippen LogP contribution in [0.5, 0.6) is 0 Å². The van der Waals surface area contributed by atoms with Crippen molar-refractivity contribution in [1.82, 2.24) is 15.5 Å². The molecule has 0 fully saturated rings. The minimum absolute atomic E-state index is 0.00223. The number of rotatable bonds is 6. The third kappa shape index (κ3) is 5.08. The average Bonchev–Trinajstić information content (AvgIpc) is 3.10. The summed E-state index contributed by atoms with van der Waals surface area (Å²) in [5, 5.41) is 6.70. The van der Waals surface area contributed by atoms with Crippen molar-refractivity contribution in [3.8, 4) is 11.4 Å². The number of aryl methyl sites for hydroxylation is 1. The molecular formula is C18H17ClN4O4S. The topological polar surface area (TPSA) is 114 Å². The van der Waals surface area contributed by atoms with Gasteiger partial charge in [0.05, 0.1) is 23.4 Å². The molecule has 2 aromatic carbocycles. The van der Waals surface area contributed by atoms with Crippen LogP contribution in [0.15, 0.2) is 47.0 Å². The van der Waals surface area contributed by atoms with Crippen molar-refractivity contribution in [2.45, 2.75) is 13.5 Å². The van der Waals surface area contributed by atoms with E-state index in [2.05, 4.69) is 20.2 Å². The first-order valence-corrected chi connectivity index (χ1v) is 10.4. The van der Waals surface area contributed by atoms with E-state index in [0.717, 1.165) is 17.4 Å². The molecule has 0 aliphatic rings. The van der Waals surface area contributed by atoms with Gasteiger partial charge in [0.2, 0.25) is 21.7 Å². The van der Waals surface area contributed by atoms with Crippen LogP contribution in [0.3, 0.4) is 0 Å². The van der Waals surface area contributed by atoms with Crippen LogP contribution >= 0.6 is 11.6 Å². The van der Waals surface area contributed by atoms with Gasteiger partial charge in [-0.05, 0) is 25.1 Å². The molecule has 0 aliphatic heterocycles. The van der Waals surface area contributed by atoms with Crippen LogP contribution in [-0.2, 0) is 16.6 Å². The molecule has 0 radical (unpaired) electrons. The monoisotopic (exact) mass is 420 g/mol. The van der Waals surface area contributed by atoms with Gasteiger partial charge in [0.25, 0.3) is 5.91 Å². The van der Waals surface area contributed by atoms with E-state index >= 15 is 0 Å². The molecule has 1 heterocycles. The molecule has 3 rings (SSSR count). The molecule has 1 amide bonds. The standard InChI is InChI=1S/C18H17ClN4O4S/c1-11-3-5-12(6-4-11)17-21-16(27-22-17)10-20-18(24)14-9-13(7-8-15(14)19)23-28(2,25)26/h3-9,23H,10H2,1-2H3,(H,20,24). The van der Waals surface area contributed by atoms with Crippen LogP contribution in [0.2, 0.25) is 5.02 Å². The molecule has 146 valence electrons. The van der Waals surface area contributed by atoms with E-state index in [1.807, 2.05) is 31.2 Å². The van der Waals surface area contributed by atoms with Crippen molar-refractivity contribution in [2.24, 2.45) is 0 Å². The van der Waals surface area contributed by atoms with E-state index < -0.39 is 15.9 Å². The van der Waals surface area contributed by atoms with Crippen molar-refractivity contribution in [3.63, 3.8) is 0 Å². The lowest BCUT2D eigenvalue weighted by atomic mass is 10.1. The lowest BCUT2D eigenvalue weighted by molar-refractivity contribution is 0.0946. The van der Waals surface area contributed by atoms with E-state index in [1.165, 1.54) is 18.2 Å². The first-order valence-electron chi connectivity index (χ1n) is 8.16. The molecule has 8 nitrogen and oxygen atoms in total. The fraction of sp³-hybridized carbons (Fsp3) is 0.167. The Morgan fingerprint density at radius 3 is 2.57 bits per heavy atom. The zero-order chi connectivity index (χ0) is 20.3. The highest BCUT2D eigenvalue weighted by molar-refractivity contribution is 7.92. The number of carbonyl (C=O) groups is 1. The quantitative estimate of drug-likeness (QED) is 0.633. The molecular weight excluding hydrogens is 404 g/mol. The fourth-order valence-corrected chi connectivity index (χ4v) is 3.13. The number of carbonyl (C=O) groups excluding carboxylic acids is 1. The first-order chi connectivity index (χ1) is 13.2. The Bertz CT molecular complexity index is 1110. The van der Waals surface area contributed by atoms with Crippen molar-refractivity contribution < 1.29 is 17.7 Å². The van der Waals surface area contributed by atoms with E-state index in [0.29, 0.717) is 5.82 Å². The molecule has 3 aromatic rings. The van der Waals surface area contributed by atoms with Crippen LogP contribution in [0, 0.1) is 6.92 Å². The number of nitrogens with one attached hydrogen (secondary N) is 2. The van der Waals surface area contributed by atoms with Gasteiger partial charge in [-0.25, -0.2) is 8.42 Å². The van der Waals surface area contributed by atoms with Gasteiger partial charge in [0.1, 0.15) is 0 Å². The number of aromatic nitrogens is 2. The molecule has 0 saturated heterocycles. The Kier molecular flexibility index (Phi) is 5.66. The van der Waals surface area contributed by atoms with Crippen LogP contribution in [0.25, 0.3) is 11.4 Å². The highest BCUT2D eigenvalue weighted by Crippen LogP contribution is 2.21. The van der Waals surface area contributed by atoms with Gasteiger partial charge in [-0.2, -0.15) is 4.98 Å². The first kappa shape index (κ1) is 19.8. The number of halogens is 1. The second-order valence-electron chi connectivity index (χ2n) is 6.13. The summed E-state index contributed by atoms with van der Waals surface area (Å²) in [7, 11) is -3.47. The third-order valence-electron chi connectivity index (χ3n) is 3.69. The van der Waals surface area contributed by atoms with Gasteiger partial charge >= 0.3 is 0 Å². The number of amides is 1. The zero-order valence-electron chi connectivity index (χ0n) is 15.1. The minimum Gasteiger partial charge on any atom is -0.343 e. The average molecular weight is 421 g/mol. The smallest absolute Gasteiger partial charge is 0.253 e. The highest BCUT2D eigenvalue weighted by Gasteiger charge is 2.15. The number of hydrogen-bond acceptors (Lipinski definition) is 6. The van der Waals surface area contributed by atoms with Gasteiger partial charge in [-0.15, -0.1) is 0 Å². The maximum Gasteiger partial charge on any atom is 0.253 e. The summed E-state index contributed by atoms with van der Waals surface area (Å²) < 4.78 is 30.1. The van der Waals surface area contributed by atoms with Gasteiger partial charge in [0, 0.05) is 11.3 Å². The van der Waals surface area contributed by atoms with Gasteiger partial charge < -0.3 is 9.84 Å². The number of hydrogen-bond donors (Lipinski definition) is 2. The second kappa shape index (κ2) is 7.99. The number of anilines is 1. The summed E-state index contributed by atoms with van der Waals surface area (Å²) in [4.78, 5) is 16.7. The third-order valence-corrected chi connectivity index (χ3v) is 4.63. The van der Waals surface area contributed by atoms with Crippen molar-refractivity contribution >= 4 is 33.2 Å². The van der Waals surface area contributed by atoms with E-state index in [9.17, 15) is 13.2 Å². The van der Waals surface area contributed by atoms with E-state index in [4.69, 9.17) is 16.1 Å². The van der Waals surface area contributed by atoms with E-state index in [-0.39, 0.29) is 28.7 Å². The minimum atomic E-state index is -3.47. The Labute approximate surface area is 167 Å². The fourth-order valence-electron chi connectivity index (χ4n) is 2.37. The molecule has 0 unspecified atom stereocenters. The SMILES string of the molecule is Cc1ccc(-c2noc(CNC(=O)c3cc(NS(C)(=O)=O)ccc3Cl)n2)cc1. The highest BCUT2D eigenvalue weighted by atomic mass is 35.5. The Morgan fingerprint density at radius 1 is 1.18 bits per heavy atom. The van der Waals surface area contributed by atoms with E-state index in [1.54, 1.807) is 0 Å². The second-order valence-corrected chi connectivity index (χ2v) is 8.28. The van der Waals surface area contributed by atoms with Gasteiger partial charge in [-0.3, -0.25) is 9.52 Å². The normalized spacial score (nSPS) is 11.2. The van der Waals surface area contributed by atoms with Crippen LogP contribution in [0.1, 0.15) is 21.8 Å². The summed E-state index contributed by atoms with van der Waals surface area (Å²) in [5.41, 5.74) is 2.27. The molecule has 2 N–H and O–H groups in total. The molecule has 0 saturated carbocycles. The largest absolute Gasteiger partial charge is 0.343 e. The summed E-state index contributed by atoms with van der Waals surface area (Å²) >= 11 is 6.05. The summed E-state index contributed by atoms with van der Waals surface area (Å²) in [6.07, 6.45) is 1.02. The van der Waals surface area contributed by atoms with Gasteiger partial charge in [-0.1, -0.05) is 46.6 Å². The maximum absolute atomic E-state index is 12.4. The molecule has 28 heavy (non-hydrogen) atoms. The molecule has 10 heteroatoms. The molecule has 0 aliphatic carbocycles. The van der Waals surface area contributed by atoms with Crippen LogP contribution in [-0.4, -0.2) is 30.7 Å². The lowest BCUT2D eigenvalue weighted by Crippen LogP contribution is -2.23. The molecule has 0 bridgehead atoms. The van der Waals surface area contributed by atoms with Gasteiger partial charge in [0.15, 0.2) is 0 Å². The van der Waals surface area contributed by atoms with Crippen molar-refractivity contribution in [2.75, 3.05) is 11.0 Å². The summed E-state index contributed by atoms with van der Waals surface area (Å²) in [6.45, 7) is 1.98. The number of benzene rings is 2. The summed E-state index contributed by atoms with van der Waals surface area (Å²) in [6, 6.07) is 11.9. The van der Waals surface area contributed by atoms with Crippen molar-refractivity contribution in [3.05, 3.63) is 64.5 Å². The Morgan fingerprint density at radius 2 is 1.89 bits per heavy atom. The van der Waals surface area contributed by atoms with Crippen molar-refractivity contribution in [1.29, 1.82) is 0 Å². The zero-order valence-corrected chi connectivity index (χ0v) is 16.6. The Hall–Kier alpha value is -2.91. The van der Waals surface area contributed by atoms with Crippen LogP contribution < -0.4 is 10.0 Å². The maximum atomic E-state index is 12.4. The Balaban J connectivity index is 1.69. The molecule has 1 aromatic heterocycles. The lowest BCUT2D eigenvalue weighted by Gasteiger charge is -2.08. The van der Waals surface area contributed by atoms with Crippen LogP contribution in [0.4, 0.5) is 5.69 Å². The molecule has 0 atom stereocenters. The number of sulfonamides is 1. The molecule has 0 spiro atoms. The summed E-state index contributed by atoms with van der Waals surface area (Å²) in [5.74, 6) is 0.143. The predicted molar refractivity (Wildman–Crippen MR) is 106 cm³/mol. The predicted octanol–water partition coefficient (Wildman–Crippen LogP) is 3.00.